The first-order valence-corrected chi connectivity index (χ1v) is 6.98. The molecule has 2 aromatic rings. The zero-order valence-corrected chi connectivity index (χ0v) is 11.3. The molecule has 1 aromatic heterocycles. The molecule has 0 radical (unpaired) electrons. The number of halogens is 1. The Balaban J connectivity index is 1.88. The van der Waals surface area contributed by atoms with E-state index < -0.39 is 0 Å². The molecule has 3 rings (SSSR count). The highest BCUT2D eigenvalue weighted by molar-refractivity contribution is 7.15. The van der Waals surface area contributed by atoms with Gasteiger partial charge >= 0.3 is 0 Å². The van der Waals surface area contributed by atoms with Crippen molar-refractivity contribution < 1.29 is 0 Å². The van der Waals surface area contributed by atoms with E-state index in [1.807, 2.05) is 0 Å². The number of fused-ring (bicyclic) bond motifs is 1. The van der Waals surface area contributed by atoms with Gasteiger partial charge in [0, 0.05) is 18.3 Å². The Kier molecular flexibility index (Phi) is 3.20. The van der Waals surface area contributed by atoms with E-state index in [1.165, 1.54) is 22.6 Å². The van der Waals surface area contributed by atoms with E-state index in [0.29, 0.717) is 4.47 Å². The Morgan fingerprint density at radius 2 is 2.22 bits per heavy atom. The molecule has 1 unspecified atom stereocenters. The fourth-order valence-corrected chi connectivity index (χ4v) is 3.21. The van der Waals surface area contributed by atoms with Gasteiger partial charge in [0.1, 0.15) is 5.01 Å². The molecule has 1 aromatic carbocycles. The minimum absolute atomic E-state index is 0.170. The van der Waals surface area contributed by atoms with Crippen LogP contribution in [0.25, 0.3) is 0 Å². The van der Waals surface area contributed by atoms with Crippen LogP contribution < -0.4 is 10.6 Å². The third-order valence-electron chi connectivity index (χ3n) is 3.04. The number of nitrogens with two attached hydrogens (primary N) is 1. The van der Waals surface area contributed by atoms with E-state index in [4.69, 9.17) is 17.3 Å². The Morgan fingerprint density at radius 3 is 3.00 bits per heavy atom. The topological polar surface area (TPSA) is 55.0 Å². The van der Waals surface area contributed by atoms with Crippen LogP contribution in [-0.4, -0.2) is 22.8 Å². The van der Waals surface area contributed by atoms with Crippen LogP contribution in [0.4, 0.5) is 5.69 Å². The highest BCUT2D eigenvalue weighted by Gasteiger charge is 2.22. The van der Waals surface area contributed by atoms with Crippen LogP contribution in [0.5, 0.6) is 0 Å². The average Bonchev–Trinajstić information content (AvgIpc) is 2.74. The van der Waals surface area contributed by atoms with E-state index in [-0.39, 0.29) is 6.04 Å². The van der Waals surface area contributed by atoms with Crippen molar-refractivity contribution in [3.63, 3.8) is 0 Å². The molecule has 0 aliphatic carbocycles. The molecule has 1 aliphatic rings. The molecular weight excluding hydrogens is 268 g/mol. The molecule has 94 valence electrons. The molecule has 0 amide bonds. The van der Waals surface area contributed by atoms with Crippen LogP contribution in [0.15, 0.2) is 24.3 Å². The van der Waals surface area contributed by atoms with Crippen molar-refractivity contribution in [2.75, 3.05) is 11.4 Å². The first-order valence-electron chi connectivity index (χ1n) is 5.78. The highest BCUT2D eigenvalue weighted by Crippen LogP contribution is 2.28. The van der Waals surface area contributed by atoms with Gasteiger partial charge in [0.05, 0.1) is 6.54 Å². The van der Waals surface area contributed by atoms with Crippen molar-refractivity contribution >= 4 is 28.6 Å². The molecule has 2 heterocycles. The lowest BCUT2D eigenvalue weighted by Crippen LogP contribution is -2.42. The molecule has 0 bridgehead atoms. The largest absolute Gasteiger partial charge is 0.363 e. The van der Waals surface area contributed by atoms with Crippen LogP contribution in [0.3, 0.4) is 0 Å². The predicted octanol–water partition coefficient (Wildman–Crippen LogP) is 2.08. The van der Waals surface area contributed by atoms with E-state index >= 15 is 0 Å². The second-order valence-electron chi connectivity index (χ2n) is 4.42. The third kappa shape index (κ3) is 2.34. The Labute approximate surface area is 114 Å². The number of nitrogens with zero attached hydrogens (tertiary/aromatic N) is 3. The van der Waals surface area contributed by atoms with Crippen LogP contribution in [0.2, 0.25) is 4.47 Å². The van der Waals surface area contributed by atoms with Gasteiger partial charge in [-0.25, -0.2) is 0 Å². The van der Waals surface area contributed by atoms with Crippen LogP contribution in [0, 0.1) is 0 Å². The average molecular weight is 281 g/mol. The quantitative estimate of drug-likeness (QED) is 0.915. The van der Waals surface area contributed by atoms with E-state index in [0.717, 1.165) is 24.5 Å². The summed E-state index contributed by atoms with van der Waals surface area (Å²) >= 11 is 7.23. The first kappa shape index (κ1) is 11.9. The maximum Gasteiger partial charge on any atom is 0.207 e. The number of rotatable bonds is 2. The standard InChI is InChI=1S/C12H13ClN4S/c13-12-16-15-11(18-12)7-17-6-9(14)5-8-3-1-2-4-10(8)17/h1-4,9H,5-7,14H2. The van der Waals surface area contributed by atoms with Crippen LogP contribution in [0.1, 0.15) is 10.6 Å². The molecular formula is C12H13ClN4S. The monoisotopic (exact) mass is 280 g/mol. The maximum absolute atomic E-state index is 6.10. The summed E-state index contributed by atoms with van der Waals surface area (Å²) < 4.78 is 0.486. The van der Waals surface area contributed by atoms with Gasteiger partial charge in [-0.2, -0.15) is 0 Å². The SMILES string of the molecule is NC1Cc2ccccc2N(Cc2nnc(Cl)s2)C1. The van der Waals surface area contributed by atoms with E-state index in [9.17, 15) is 0 Å². The van der Waals surface area contributed by atoms with Gasteiger partial charge in [0.15, 0.2) is 0 Å². The molecule has 2 N–H and O–H groups in total. The van der Waals surface area contributed by atoms with Crippen molar-refractivity contribution in [1.29, 1.82) is 0 Å². The van der Waals surface area contributed by atoms with Crippen molar-refractivity contribution in [1.82, 2.24) is 10.2 Å². The molecule has 6 heteroatoms. The Bertz CT molecular complexity index is 557. The molecule has 1 aliphatic heterocycles. The number of hydrogen-bond donors (Lipinski definition) is 1. The number of benzene rings is 1. The summed E-state index contributed by atoms with van der Waals surface area (Å²) in [5.41, 5.74) is 8.64. The number of hydrogen-bond acceptors (Lipinski definition) is 5. The summed E-state index contributed by atoms with van der Waals surface area (Å²) in [7, 11) is 0. The zero-order valence-electron chi connectivity index (χ0n) is 9.71. The Morgan fingerprint density at radius 1 is 1.39 bits per heavy atom. The van der Waals surface area contributed by atoms with Crippen molar-refractivity contribution in [3.8, 4) is 0 Å². The molecule has 0 saturated heterocycles. The lowest BCUT2D eigenvalue weighted by molar-refractivity contribution is 0.597. The molecule has 0 spiro atoms. The normalized spacial score (nSPS) is 18.8. The minimum atomic E-state index is 0.170. The number of para-hydroxylation sites is 1. The maximum atomic E-state index is 6.10. The summed E-state index contributed by atoms with van der Waals surface area (Å²) in [6.45, 7) is 1.56. The second kappa shape index (κ2) is 4.84. The zero-order chi connectivity index (χ0) is 12.5. The molecule has 1 atom stereocenters. The third-order valence-corrected chi connectivity index (χ3v) is 4.04. The molecule has 4 nitrogen and oxygen atoms in total. The van der Waals surface area contributed by atoms with Gasteiger partial charge in [-0.05, 0) is 29.7 Å². The van der Waals surface area contributed by atoms with Crippen molar-refractivity contribution in [3.05, 3.63) is 39.3 Å². The number of aromatic nitrogens is 2. The minimum Gasteiger partial charge on any atom is -0.363 e. The predicted molar refractivity (Wildman–Crippen MR) is 74.1 cm³/mol. The van der Waals surface area contributed by atoms with E-state index in [2.05, 4.69) is 39.4 Å². The summed E-state index contributed by atoms with van der Waals surface area (Å²) in [4.78, 5) is 2.25. The van der Waals surface area contributed by atoms with Gasteiger partial charge in [-0.3, -0.25) is 0 Å². The lowest BCUT2D eigenvalue weighted by atomic mass is 9.98. The molecule has 18 heavy (non-hydrogen) atoms. The summed E-state index contributed by atoms with van der Waals surface area (Å²) in [5.74, 6) is 0. The van der Waals surface area contributed by atoms with E-state index in [1.54, 1.807) is 0 Å². The number of anilines is 1. The van der Waals surface area contributed by atoms with Gasteiger partial charge in [-0.15, -0.1) is 10.2 Å². The molecule has 0 saturated carbocycles. The van der Waals surface area contributed by atoms with Crippen LogP contribution >= 0.6 is 22.9 Å². The molecule has 0 fully saturated rings. The first-order chi connectivity index (χ1) is 8.72. The van der Waals surface area contributed by atoms with Crippen molar-refractivity contribution in [2.45, 2.75) is 19.0 Å². The van der Waals surface area contributed by atoms with Gasteiger partial charge in [0.25, 0.3) is 0 Å². The highest BCUT2D eigenvalue weighted by atomic mass is 35.5. The fraction of sp³-hybridized carbons (Fsp3) is 0.333. The van der Waals surface area contributed by atoms with Crippen molar-refractivity contribution in [2.24, 2.45) is 5.73 Å². The summed E-state index contributed by atoms with van der Waals surface area (Å²) in [6.07, 6.45) is 0.934. The van der Waals surface area contributed by atoms with Gasteiger partial charge in [-0.1, -0.05) is 29.5 Å². The Hall–Kier alpha value is -1.17. The smallest absolute Gasteiger partial charge is 0.207 e. The fourth-order valence-electron chi connectivity index (χ4n) is 2.33. The van der Waals surface area contributed by atoms with Gasteiger partial charge in [0.2, 0.25) is 4.47 Å². The second-order valence-corrected chi connectivity index (χ2v) is 6.07. The summed E-state index contributed by atoms with van der Waals surface area (Å²) in [5, 5.41) is 8.82. The summed E-state index contributed by atoms with van der Waals surface area (Å²) in [6, 6.07) is 8.54. The lowest BCUT2D eigenvalue weighted by Gasteiger charge is -2.33. The van der Waals surface area contributed by atoms with Gasteiger partial charge < -0.3 is 10.6 Å². The van der Waals surface area contributed by atoms with Crippen LogP contribution in [-0.2, 0) is 13.0 Å².